The molecule has 1 aliphatic heterocycles. The second kappa shape index (κ2) is 5.87. The largest absolute Gasteiger partial charge is 0.366 e. The number of nitrogens with zero attached hydrogens (tertiary/aromatic N) is 1. The Bertz CT molecular complexity index is 436. The molecule has 4 heteroatoms. The van der Waals surface area contributed by atoms with Crippen LogP contribution in [-0.4, -0.2) is 25.2 Å². The molecule has 0 amide bonds. The molecule has 2 rings (SSSR count). The van der Waals surface area contributed by atoms with Crippen LogP contribution in [0.4, 0.5) is 14.5 Å². The van der Waals surface area contributed by atoms with Crippen molar-refractivity contribution in [1.82, 2.24) is 5.32 Å². The van der Waals surface area contributed by atoms with Crippen LogP contribution in [0.3, 0.4) is 0 Å². The molecule has 0 bridgehead atoms. The highest BCUT2D eigenvalue weighted by Gasteiger charge is 2.32. The number of halogens is 2. The standard InChI is InChI=1S/C15H22F2N2/c1-4-18-14-7-8-19(11(3)10(14)2)15-6-5-12(16)9-13(15)17/h5-6,9-11,14,18H,4,7-8H2,1-3H3. The first-order chi connectivity index (χ1) is 9.04. The Balaban J connectivity index is 2.18. The van der Waals surface area contributed by atoms with Crippen LogP contribution >= 0.6 is 0 Å². The van der Waals surface area contributed by atoms with Gasteiger partial charge in [-0.05, 0) is 37.9 Å². The summed E-state index contributed by atoms with van der Waals surface area (Å²) in [4.78, 5) is 2.05. The summed E-state index contributed by atoms with van der Waals surface area (Å²) in [5.41, 5.74) is 0.510. The lowest BCUT2D eigenvalue weighted by molar-refractivity contribution is 0.272. The average molecular weight is 268 g/mol. The molecule has 0 radical (unpaired) electrons. The minimum atomic E-state index is -0.524. The highest BCUT2D eigenvalue weighted by molar-refractivity contribution is 5.49. The van der Waals surface area contributed by atoms with E-state index in [1.54, 1.807) is 6.07 Å². The summed E-state index contributed by atoms with van der Waals surface area (Å²) in [5, 5.41) is 3.48. The van der Waals surface area contributed by atoms with Gasteiger partial charge in [0, 0.05) is 24.7 Å². The van der Waals surface area contributed by atoms with Crippen molar-refractivity contribution in [2.75, 3.05) is 18.0 Å². The predicted octanol–water partition coefficient (Wildman–Crippen LogP) is 3.18. The molecule has 1 aromatic carbocycles. The van der Waals surface area contributed by atoms with Crippen molar-refractivity contribution in [3.8, 4) is 0 Å². The predicted molar refractivity (Wildman–Crippen MR) is 74.4 cm³/mol. The summed E-state index contributed by atoms with van der Waals surface area (Å²) >= 11 is 0. The maximum Gasteiger partial charge on any atom is 0.149 e. The van der Waals surface area contributed by atoms with Gasteiger partial charge in [0.05, 0.1) is 5.69 Å². The zero-order valence-electron chi connectivity index (χ0n) is 11.8. The Morgan fingerprint density at radius 2 is 2.05 bits per heavy atom. The Labute approximate surface area is 113 Å². The van der Waals surface area contributed by atoms with Gasteiger partial charge in [0.1, 0.15) is 11.6 Å². The average Bonchev–Trinajstić information content (AvgIpc) is 2.37. The van der Waals surface area contributed by atoms with E-state index in [9.17, 15) is 8.78 Å². The summed E-state index contributed by atoms with van der Waals surface area (Å²) in [6.07, 6.45) is 0.982. The number of hydrogen-bond donors (Lipinski definition) is 1. The molecule has 1 fully saturated rings. The lowest BCUT2D eigenvalue weighted by atomic mass is 9.86. The molecule has 0 aliphatic carbocycles. The van der Waals surface area contributed by atoms with E-state index in [0.29, 0.717) is 17.6 Å². The Morgan fingerprint density at radius 3 is 2.68 bits per heavy atom. The van der Waals surface area contributed by atoms with Crippen molar-refractivity contribution in [2.45, 2.75) is 39.3 Å². The summed E-state index contributed by atoms with van der Waals surface area (Å²) in [6.45, 7) is 8.14. The molecule has 106 valence electrons. The van der Waals surface area contributed by atoms with E-state index in [0.717, 1.165) is 25.6 Å². The normalized spacial score (nSPS) is 27.6. The van der Waals surface area contributed by atoms with Crippen molar-refractivity contribution in [2.24, 2.45) is 5.92 Å². The van der Waals surface area contributed by atoms with Gasteiger partial charge in [0.2, 0.25) is 0 Å². The quantitative estimate of drug-likeness (QED) is 0.905. The van der Waals surface area contributed by atoms with E-state index < -0.39 is 11.6 Å². The van der Waals surface area contributed by atoms with Crippen molar-refractivity contribution in [3.63, 3.8) is 0 Å². The van der Waals surface area contributed by atoms with Crippen LogP contribution in [0, 0.1) is 17.6 Å². The monoisotopic (exact) mass is 268 g/mol. The fourth-order valence-electron chi connectivity index (χ4n) is 2.97. The van der Waals surface area contributed by atoms with Crippen LogP contribution in [0.25, 0.3) is 0 Å². The lowest BCUT2D eigenvalue weighted by Gasteiger charge is -2.44. The SMILES string of the molecule is CCNC1CCN(c2ccc(F)cc2F)C(C)C1C. The molecular formula is C15H22F2N2. The molecule has 1 heterocycles. The number of anilines is 1. The molecule has 3 atom stereocenters. The van der Waals surface area contributed by atoms with Crippen LogP contribution in [-0.2, 0) is 0 Å². The molecule has 0 aromatic heterocycles. The van der Waals surface area contributed by atoms with Gasteiger partial charge in [-0.2, -0.15) is 0 Å². The van der Waals surface area contributed by atoms with Crippen LogP contribution < -0.4 is 10.2 Å². The highest BCUT2D eigenvalue weighted by Crippen LogP contribution is 2.30. The molecule has 1 aliphatic rings. The van der Waals surface area contributed by atoms with Gasteiger partial charge in [0.25, 0.3) is 0 Å². The number of benzene rings is 1. The molecular weight excluding hydrogens is 246 g/mol. The van der Waals surface area contributed by atoms with E-state index in [1.807, 2.05) is 4.90 Å². The summed E-state index contributed by atoms with van der Waals surface area (Å²) in [7, 11) is 0. The van der Waals surface area contributed by atoms with Crippen LogP contribution in [0.5, 0.6) is 0 Å². The first-order valence-electron chi connectivity index (χ1n) is 6.99. The molecule has 1 N–H and O–H groups in total. The molecule has 0 saturated carbocycles. The summed E-state index contributed by atoms with van der Waals surface area (Å²) < 4.78 is 26.9. The van der Waals surface area contributed by atoms with Crippen LogP contribution in [0.15, 0.2) is 18.2 Å². The number of rotatable bonds is 3. The first-order valence-corrected chi connectivity index (χ1v) is 6.99. The highest BCUT2D eigenvalue weighted by atomic mass is 19.1. The fourth-order valence-corrected chi connectivity index (χ4v) is 2.97. The molecule has 0 spiro atoms. The maximum atomic E-state index is 13.9. The van der Waals surface area contributed by atoms with Crippen LogP contribution in [0.1, 0.15) is 27.2 Å². The summed E-state index contributed by atoms with van der Waals surface area (Å²) in [5.74, 6) is -0.566. The molecule has 2 nitrogen and oxygen atoms in total. The van der Waals surface area contributed by atoms with Gasteiger partial charge in [-0.1, -0.05) is 13.8 Å². The third-order valence-corrected chi connectivity index (χ3v) is 4.25. The second-order valence-electron chi connectivity index (χ2n) is 5.34. The zero-order chi connectivity index (χ0) is 14.0. The smallest absolute Gasteiger partial charge is 0.149 e. The second-order valence-corrected chi connectivity index (χ2v) is 5.34. The topological polar surface area (TPSA) is 15.3 Å². The number of piperidine rings is 1. The van der Waals surface area contributed by atoms with E-state index in [1.165, 1.54) is 6.07 Å². The maximum absolute atomic E-state index is 13.9. The van der Waals surface area contributed by atoms with E-state index in [2.05, 4.69) is 26.1 Å². The Morgan fingerprint density at radius 1 is 1.32 bits per heavy atom. The fraction of sp³-hybridized carbons (Fsp3) is 0.600. The molecule has 3 unspecified atom stereocenters. The number of hydrogen-bond acceptors (Lipinski definition) is 2. The zero-order valence-corrected chi connectivity index (χ0v) is 11.8. The van der Waals surface area contributed by atoms with Gasteiger partial charge in [0.15, 0.2) is 0 Å². The molecule has 1 saturated heterocycles. The minimum absolute atomic E-state index is 0.234. The third-order valence-electron chi connectivity index (χ3n) is 4.25. The molecule has 1 aromatic rings. The van der Waals surface area contributed by atoms with Crippen LogP contribution in [0.2, 0.25) is 0 Å². The van der Waals surface area contributed by atoms with Gasteiger partial charge >= 0.3 is 0 Å². The van der Waals surface area contributed by atoms with Crippen molar-refractivity contribution >= 4 is 5.69 Å². The Kier molecular flexibility index (Phi) is 4.40. The first kappa shape index (κ1) is 14.3. The van der Waals surface area contributed by atoms with Crippen molar-refractivity contribution in [3.05, 3.63) is 29.8 Å². The van der Waals surface area contributed by atoms with E-state index in [-0.39, 0.29) is 6.04 Å². The van der Waals surface area contributed by atoms with E-state index in [4.69, 9.17) is 0 Å². The summed E-state index contributed by atoms with van der Waals surface area (Å²) in [6, 6.07) is 4.54. The molecule has 19 heavy (non-hydrogen) atoms. The third kappa shape index (κ3) is 2.89. The van der Waals surface area contributed by atoms with Crippen molar-refractivity contribution < 1.29 is 8.78 Å². The Hall–Kier alpha value is -1.16. The van der Waals surface area contributed by atoms with Crippen molar-refractivity contribution in [1.29, 1.82) is 0 Å². The van der Waals surface area contributed by atoms with Gasteiger partial charge in [-0.25, -0.2) is 8.78 Å². The lowest BCUT2D eigenvalue weighted by Crippen LogP contribution is -2.53. The minimum Gasteiger partial charge on any atom is -0.366 e. The van der Waals surface area contributed by atoms with E-state index >= 15 is 0 Å². The van der Waals surface area contributed by atoms with Gasteiger partial charge in [-0.3, -0.25) is 0 Å². The number of nitrogens with one attached hydrogen (secondary N) is 1. The van der Waals surface area contributed by atoms with Gasteiger partial charge < -0.3 is 10.2 Å². The van der Waals surface area contributed by atoms with Gasteiger partial charge in [-0.15, -0.1) is 0 Å².